The maximum absolute atomic E-state index is 13.5. The van der Waals surface area contributed by atoms with E-state index in [4.69, 9.17) is 4.74 Å². The Morgan fingerprint density at radius 2 is 1.95 bits per heavy atom. The zero-order chi connectivity index (χ0) is 15.5. The van der Waals surface area contributed by atoms with E-state index in [0.717, 1.165) is 6.42 Å². The third-order valence-electron chi connectivity index (χ3n) is 3.22. The molecule has 0 aliphatic carbocycles. The molecule has 20 heavy (non-hydrogen) atoms. The lowest BCUT2D eigenvalue weighted by Gasteiger charge is -2.25. The lowest BCUT2D eigenvalue weighted by atomic mass is 9.82. The molecule has 0 saturated carbocycles. The Labute approximate surface area is 129 Å². The van der Waals surface area contributed by atoms with Crippen LogP contribution in [0.2, 0.25) is 0 Å². The maximum Gasteiger partial charge on any atom is 0.141 e. The van der Waals surface area contributed by atoms with Crippen LogP contribution in [0, 0.1) is 17.2 Å². The van der Waals surface area contributed by atoms with E-state index in [2.05, 4.69) is 43.6 Å². The molecule has 0 saturated heterocycles. The fourth-order valence-corrected chi connectivity index (χ4v) is 2.98. The zero-order valence-electron chi connectivity index (χ0n) is 12.8. The lowest BCUT2D eigenvalue weighted by Crippen LogP contribution is -2.14. The van der Waals surface area contributed by atoms with Gasteiger partial charge in [0.05, 0.1) is 17.7 Å². The van der Waals surface area contributed by atoms with Gasteiger partial charge < -0.3 is 9.84 Å². The quantitative estimate of drug-likeness (QED) is 0.804. The van der Waals surface area contributed by atoms with Crippen molar-refractivity contribution in [3.8, 4) is 5.75 Å². The molecule has 0 heterocycles. The molecule has 1 aromatic carbocycles. The summed E-state index contributed by atoms with van der Waals surface area (Å²) in [4.78, 5) is 0. The summed E-state index contributed by atoms with van der Waals surface area (Å²) in [7, 11) is 1.48. The summed E-state index contributed by atoms with van der Waals surface area (Å²) in [6.07, 6.45) is 1.000. The Morgan fingerprint density at radius 3 is 2.45 bits per heavy atom. The van der Waals surface area contributed by atoms with Gasteiger partial charge >= 0.3 is 0 Å². The van der Waals surface area contributed by atoms with Crippen molar-refractivity contribution in [3.05, 3.63) is 28.0 Å². The van der Waals surface area contributed by atoms with Gasteiger partial charge in [0.2, 0.25) is 0 Å². The SMILES string of the molecule is COc1cc(F)c(Br)cc1C(O)CC(C)CC(C)(C)C. The number of hydrogen-bond acceptors (Lipinski definition) is 2. The Kier molecular flexibility index (Phi) is 6.02. The second-order valence-electron chi connectivity index (χ2n) is 6.63. The summed E-state index contributed by atoms with van der Waals surface area (Å²) in [5.74, 6) is 0.375. The summed E-state index contributed by atoms with van der Waals surface area (Å²) < 4.78 is 19.0. The van der Waals surface area contributed by atoms with E-state index >= 15 is 0 Å². The third kappa shape index (κ3) is 5.06. The molecule has 0 radical (unpaired) electrons. The molecular weight excluding hydrogens is 323 g/mol. The highest BCUT2D eigenvalue weighted by Gasteiger charge is 2.22. The lowest BCUT2D eigenvalue weighted by molar-refractivity contribution is 0.131. The maximum atomic E-state index is 13.5. The highest BCUT2D eigenvalue weighted by molar-refractivity contribution is 9.10. The second-order valence-corrected chi connectivity index (χ2v) is 7.48. The van der Waals surface area contributed by atoms with Crippen LogP contribution in [0.3, 0.4) is 0 Å². The first kappa shape index (κ1) is 17.4. The molecule has 0 aromatic heterocycles. The molecule has 1 N–H and O–H groups in total. The summed E-state index contributed by atoms with van der Waals surface area (Å²) in [5, 5.41) is 10.4. The Morgan fingerprint density at radius 1 is 1.35 bits per heavy atom. The van der Waals surface area contributed by atoms with Crippen LogP contribution >= 0.6 is 15.9 Å². The van der Waals surface area contributed by atoms with Gasteiger partial charge in [-0.3, -0.25) is 0 Å². The summed E-state index contributed by atoms with van der Waals surface area (Å²) >= 11 is 3.15. The predicted molar refractivity (Wildman–Crippen MR) is 83.5 cm³/mol. The van der Waals surface area contributed by atoms with Gasteiger partial charge in [-0.2, -0.15) is 0 Å². The van der Waals surface area contributed by atoms with Crippen molar-refractivity contribution in [2.75, 3.05) is 7.11 Å². The van der Waals surface area contributed by atoms with Gasteiger partial charge in [0.25, 0.3) is 0 Å². The molecule has 0 aliphatic rings. The number of rotatable bonds is 5. The average Bonchev–Trinajstić information content (AvgIpc) is 2.29. The fourth-order valence-electron chi connectivity index (χ4n) is 2.62. The predicted octanol–water partition coefficient (Wildman–Crippen LogP) is 5.09. The number of halogens is 2. The van der Waals surface area contributed by atoms with Crippen molar-refractivity contribution in [2.24, 2.45) is 11.3 Å². The molecular formula is C16H24BrFO2. The topological polar surface area (TPSA) is 29.5 Å². The van der Waals surface area contributed by atoms with Crippen LogP contribution in [0.5, 0.6) is 5.75 Å². The largest absolute Gasteiger partial charge is 0.496 e. The molecule has 0 bridgehead atoms. The van der Waals surface area contributed by atoms with Gasteiger partial charge in [0.15, 0.2) is 0 Å². The van der Waals surface area contributed by atoms with E-state index in [1.54, 1.807) is 6.07 Å². The summed E-state index contributed by atoms with van der Waals surface area (Å²) in [5.41, 5.74) is 0.855. The number of aliphatic hydroxyl groups excluding tert-OH is 1. The van der Waals surface area contributed by atoms with Gasteiger partial charge in [0.1, 0.15) is 11.6 Å². The van der Waals surface area contributed by atoms with Crippen LogP contribution in [0.4, 0.5) is 4.39 Å². The smallest absolute Gasteiger partial charge is 0.141 e. The first-order valence-electron chi connectivity index (χ1n) is 6.85. The number of hydrogen-bond donors (Lipinski definition) is 1. The van der Waals surface area contributed by atoms with Gasteiger partial charge in [-0.1, -0.05) is 27.7 Å². The van der Waals surface area contributed by atoms with Crippen molar-refractivity contribution >= 4 is 15.9 Å². The second kappa shape index (κ2) is 6.90. The molecule has 1 aromatic rings. The minimum atomic E-state index is -0.654. The average molecular weight is 347 g/mol. The van der Waals surface area contributed by atoms with Gasteiger partial charge in [-0.15, -0.1) is 0 Å². The zero-order valence-corrected chi connectivity index (χ0v) is 14.4. The number of aliphatic hydroxyl groups is 1. The molecule has 0 fully saturated rings. The molecule has 2 unspecified atom stereocenters. The third-order valence-corrected chi connectivity index (χ3v) is 3.83. The highest BCUT2D eigenvalue weighted by atomic mass is 79.9. The van der Waals surface area contributed by atoms with Gasteiger partial charge in [-0.25, -0.2) is 4.39 Å². The molecule has 2 nitrogen and oxygen atoms in total. The van der Waals surface area contributed by atoms with Crippen molar-refractivity contribution in [3.63, 3.8) is 0 Å². The number of methoxy groups -OCH3 is 1. The van der Waals surface area contributed by atoms with Crippen LogP contribution in [0.1, 0.15) is 52.2 Å². The van der Waals surface area contributed by atoms with Gasteiger partial charge in [0, 0.05) is 11.6 Å². The normalized spacial score (nSPS) is 15.0. The fraction of sp³-hybridized carbons (Fsp3) is 0.625. The van der Waals surface area contributed by atoms with E-state index in [1.165, 1.54) is 13.2 Å². The molecule has 0 spiro atoms. The highest BCUT2D eigenvalue weighted by Crippen LogP contribution is 2.36. The van der Waals surface area contributed by atoms with Crippen LogP contribution < -0.4 is 4.74 Å². The van der Waals surface area contributed by atoms with Crippen LogP contribution in [-0.2, 0) is 0 Å². The van der Waals surface area contributed by atoms with Crippen molar-refractivity contribution in [1.82, 2.24) is 0 Å². The Bertz CT molecular complexity index is 455. The molecule has 0 aliphatic heterocycles. The number of ether oxygens (including phenoxy) is 1. The Balaban J connectivity index is 2.86. The molecule has 114 valence electrons. The van der Waals surface area contributed by atoms with Crippen molar-refractivity contribution in [2.45, 2.75) is 46.6 Å². The van der Waals surface area contributed by atoms with E-state index in [-0.39, 0.29) is 11.2 Å². The Hall–Kier alpha value is -0.610. The van der Waals surface area contributed by atoms with Gasteiger partial charge in [-0.05, 0) is 46.2 Å². The van der Waals surface area contributed by atoms with E-state index in [0.29, 0.717) is 28.1 Å². The molecule has 0 amide bonds. The van der Waals surface area contributed by atoms with Crippen molar-refractivity contribution in [1.29, 1.82) is 0 Å². The molecule has 2 atom stereocenters. The van der Waals surface area contributed by atoms with E-state index < -0.39 is 6.10 Å². The summed E-state index contributed by atoms with van der Waals surface area (Å²) in [6.45, 7) is 8.68. The van der Waals surface area contributed by atoms with E-state index in [9.17, 15) is 9.50 Å². The summed E-state index contributed by atoms with van der Waals surface area (Å²) in [6, 6.07) is 2.90. The molecule has 4 heteroatoms. The van der Waals surface area contributed by atoms with Crippen LogP contribution in [0.15, 0.2) is 16.6 Å². The molecule has 1 rings (SSSR count). The standard InChI is InChI=1S/C16H24BrFO2/c1-10(9-16(2,3)4)6-14(19)11-7-12(17)13(18)8-15(11)20-5/h7-8,10,14,19H,6,9H2,1-5H3. The monoisotopic (exact) mass is 346 g/mol. The van der Waals surface area contributed by atoms with Crippen molar-refractivity contribution < 1.29 is 14.2 Å². The van der Waals surface area contributed by atoms with E-state index in [1.807, 2.05) is 0 Å². The van der Waals surface area contributed by atoms with Crippen LogP contribution in [0.25, 0.3) is 0 Å². The minimum absolute atomic E-state index is 0.229. The first-order valence-corrected chi connectivity index (χ1v) is 7.64. The minimum Gasteiger partial charge on any atom is -0.496 e. The van der Waals surface area contributed by atoms with Crippen LogP contribution in [-0.4, -0.2) is 12.2 Å². The number of benzene rings is 1. The first-order chi connectivity index (χ1) is 9.14.